The van der Waals surface area contributed by atoms with E-state index in [1.54, 1.807) is 36.4 Å². The summed E-state index contributed by atoms with van der Waals surface area (Å²) in [5.74, 6) is -1.24. The number of benzene rings is 2. The van der Waals surface area contributed by atoms with E-state index >= 15 is 0 Å². The van der Waals surface area contributed by atoms with Crippen molar-refractivity contribution in [3.63, 3.8) is 0 Å². The topological polar surface area (TPSA) is 114 Å². The van der Waals surface area contributed by atoms with Gasteiger partial charge in [-0.25, -0.2) is 13.2 Å². The number of carbonyl (C=O) groups is 2. The number of rotatable bonds is 5. The number of amides is 1. The first-order chi connectivity index (χ1) is 13.7. The van der Waals surface area contributed by atoms with Crippen molar-refractivity contribution in [3.05, 3.63) is 58.6 Å². The molecule has 0 bridgehead atoms. The van der Waals surface area contributed by atoms with Crippen LogP contribution in [0, 0.1) is 6.92 Å². The smallest absolute Gasteiger partial charge is 0.331 e. The van der Waals surface area contributed by atoms with Gasteiger partial charge in [-0.15, -0.1) is 0 Å². The molecule has 1 heterocycles. The minimum atomic E-state index is -3.70. The Bertz CT molecular complexity index is 1110. The molecular weight excluding hydrogens is 418 g/mol. The van der Waals surface area contributed by atoms with Crippen LogP contribution in [-0.4, -0.2) is 38.8 Å². The molecule has 1 atom stereocenters. The maximum atomic E-state index is 12.2. The van der Waals surface area contributed by atoms with Crippen molar-refractivity contribution in [1.82, 2.24) is 4.72 Å². The average molecular weight is 436 g/mol. The zero-order valence-corrected chi connectivity index (χ0v) is 17.2. The average Bonchev–Trinajstić information content (AvgIpc) is 2.93. The highest BCUT2D eigenvalue weighted by Gasteiger charge is 2.31. The van der Waals surface area contributed by atoms with Gasteiger partial charge in [-0.1, -0.05) is 29.8 Å². The van der Waals surface area contributed by atoms with E-state index in [2.05, 4.69) is 15.0 Å². The van der Waals surface area contributed by atoms with Gasteiger partial charge >= 0.3 is 5.97 Å². The van der Waals surface area contributed by atoms with Crippen LogP contribution in [0.5, 0.6) is 0 Å². The molecule has 0 radical (unpaired) electrons. The molecule has 0 aromatic heterocycles. The molecule has 29 heavy (non-hydrogen) atoms. The van der Waals surface area contributed by atoms with E-state index in [4.69, 9.17) is 16.3 Å². The number of hydrogen-bond acceptors (Lipinski definition) is 6. The second-order valence-electron chi connectivity index (χ2n) is 6.38. The lowest BCUT2D eigenvalue weighted by molar-refractivity contribution is -0.148. The Kier molecular flexibility index (Phi) is 5.90. The summed E-state index contributed by atoms with van der Waals surface area (Å²) in [5.41, 5.74) is 1.72. The molecule has 8 nitrogen and oxygen atoms in total. The standard InChI is InChI=1S/C19H18ClN3O5S/c1-11-7-8-13(9-15(11)20)22-17(24)10-28-19(25)12(2)21-18-14-5-3-4-6-16(14)29(26,27)23-18/h3-9,12H,10H2,1-2H3,(H,21,23)(H,22,24)/t12-/m1/s1. The van der Waals surface area contributed by atoms with Gasteiger partial charge in [0, 0.05) is 16.3 Å². The molecule has 2 N–H and O–H groups in total. The number of esters is 1. The van der Waals surface area contributed by atoms with E-state index in [0.717, 1.165) is 5.56 Å². The molecule has 2 aromatic rings. The maximum absolute atomic E-state index is 12.2. The normalized spacial score (nSPS) is 16.6. The minimum Gasteiger partial charge on any atom is -0.454 e. The molecule has 0 unspecified atom stereocenters. The van der Waals surface area contributed by atoms with Crippen LogP contribution in [0.4, 0.5) is 5.69 Å². The summed E-state index contributed by atoms with van der Waals surface area (Å²) < 4.78 is 31.4. The first kappa shape index (κ1) is 20.8. The molecule has 0 spiro atoms. The van der Waals surface area contributed by atoms with E-state index in [1.165, 1.54) is 13.0 Å². The van der Waals surface area contributed by atoms with Crippen LogP contribution in [0.3, 0.4) is 0 Å². The second kappa shape index (κ2) is 8.22. The van der Waals surface area contributed by atoms with E-state index in [-0.39, 0.29) is 10.7 Å². The number of nitrogens with zero attached hydrogens (tertiary/aromatic N) is 1. The quantitative estimate of drug-likeness (QED) is 0.699. The van der Waals surface area contributed by atoms with Crippen LogP contribution in [-0.2, 0) is 24.3 Å². The number of amidine groups is 1. The second-order valence-corrected chi connectivity index (χ2v) is 8.43. The summed E-state index contributed by atoms with van der Waals surface area (Å²) >= 11 is 6.00. The first-order valence-electron chi connectivity index (χ1n) is 8.60. The Morgan fingerprint density at radius 3 is 2.69 bits per heavy atom. The number of aliphatic imine (C=N–C) groups is 1. The SMILES string of the molecule is Cc1ccc(NC(=O)COC(=O)[C@@H](C)N=C2NS(=O)(=O)c3ccccc32)cc1Cl. The molecule has 0 saturated carbocycles. The van der Waals surface area contributed by atoms with Crippen molar-refractivity contribution in [2.24, 2.45) is 4.99 Å². The number of fused-ring (bicyclic) bond motifs is 1. The van der Waals surface area contributed by atoms with Crippen molar-refractivity contribution in [3.8, 4) is 0 Å². The number of sulfonamides is 1. The van der Waals surface area contributed by atoms with E-state index < -0.39 is 34.5 Å². The summed E-state index contributed by atoms with van der Waals surface area (Å²) in [7, 11) is -3.70. The fraction of sp³-hybridized carbons (Fsp3) is 0.211. The highest BCUT2D eigenvalue weighted by atomic mass is 35.5. The highest BCUT2D eigenvalue weighted by Crippen LogP contribution is 2.23. The summed E-state index contributed by atoms with van der Waals surface area (Å²) in [6.45, 7) is 2.77. The lowest BCUT2D eigenvalue weighted by Crippen LogP contribution is -2.28. The Morgan fingerprint density at radius 2 is 1.97 bits per heavy atom. The molecule has 1 aliphatic heterocycles. The van der Waals surface area contributed by atoms with Gasteiger partial charge in [-0.05, 0) is 43.7 Å². The molecule has 0 fully saturated rings. The van der Waals surface area contributed by atoms with Gasteiger partial charge in [0.2, 0.25) is 0 Å². The minimum absolute atomic E-state index is 0.0591. The molecule has 10 heteroatoms. The number of hydrogen-bond donors (Lipinski definition) is 2. The molecule has 2 aromatic carbocycles. The van der Waals surface area contributed by atoms with Crippen molar-refractivity contribution < 1.29 is 22.7 Å². The first-order valence-corrected chi connectivity index (χ1v) is 10.5. The molecule has 1 aliphatic rings. The predicted molar refractivity (Wildman–Crippen MR) is 109 cm³/mol. The van der Waals surface area contributed by atoms with Gasteiger partial charge in [0.25, 0.3) is 15.9 Å². The molecule has 3 rings (SSSR count). The van der Waals surface area contributed by atoms with Crippen molar-refractivity contribution >= 4 is 45.0 Å². The van der Waals surface area contributed by atoms with Crippen LogP contribution in [0.1, 0.15) is 18.1 Å². The van der Waals surface area contributed by atoms with Crippen molar-refractivity contribution in [2.75, 3.05) is 11.9 Å². The Balaban J connectivity index is 1.60. The maximum Gasteiger partial charge on any atom is 0.331 e. The van der Waals surface area contributed by atoms with Crippen LogP contribution in [0.25, 0.3) is 0 Å². The molecule has 0 saturated heterocycles. The predicted octanol–water partition coefficient (Wildman–Crippen LogP) is 2.26. The monoisotopic (exact) mass is 435 g/mol. The number of anilines is 1. The van der Waals surface area contributed by atoms with Crippen LogP contribution >= 0.6 is 11.6 Å². The number of ether oxygens (including phenoxy) is 1. The number of halogens is 1. The van der Waals surface area contributed by atoms with Crippen molar-refractivity contribution in [1.29, 1.82) is 0 Å². The molecule has 0 aliphatic carbocycles. The summed E-state index contributed by atoms with van der Waals surface area (Å²) in [5, 5.41) is 3.08. The van der Waals surface area contributed by atoms with Gasteiger partial charge in [0.05, 0.1) is 4.90 Å². The van der Waals surface area contributed by atoms with E-state index in [9.17, 15) is 18.0 Å². The third-order valence-corrected chi connectivity index (χ3v) is 5.93. The van der Waals surface area contributed by atoms with E-state index in [0.29, 0.717) is 16.3 Å². The Morgan fingerprint density at radius 1 is 1.24 bits per heavy atom. The summed E-state index contributed by atoms with van der Waals surface area (Å²) in [6.07, 6.45) is 0. The fourth-order valence-electron chi connectivity index (χ4n) is 2.60. The highest BCUT2D eigenvalue weighted by molar-refractivity contribution is 7.90. The third kappa shape index (κ3) is 4.75. The van der Waals surface area contributed by atoms with E-state index in [1.807, 2.05) is 6.92 Å². The molecule has 1 amide bonds. The summed E-state index contributed by atoms with van der Waals surface area (Å²) in [6, 6.07) is 10.3. The fourth-order valence-corrected chi connectivity index (χ4v) is 4.02. The van der Waals surface area contributed by atoms with Crippen LogP contribution in [0.15, 0.2) is 52.4 Å². The number of carbonyl (C=O) groups excluding carboxylic acids is 2. The number of nitrogens with one attached hydrogen (secondary N) is 2. The zero-order chi connectivity index (χ0) is 21.2. The van der Waals surface area contributed by atoms with Crippen LogP contribution in [0.2, 0.25) is 5.02 Å². The largest absolute Gasteiger partial charge is 0.454 e. The van der Waals surface area contributed by atoms with Gasteiger partial charge in [-0.2, -0.15) is 0 Å². The van der Waals surface area contributed by atoms with Gasteiger partial charge < -0.3 is 10.1 Å². The molecule has 152 valence electrons. The van der Waals surface area contributed by atoms with Gasteiger partial charge in [0.15, 0.2) is 6.61 Å². The van der Waals surface area contributed by atoms with Gasteiger partial charge in [0.1, 0.15) is 11.9 Å². The zero-order valence-electron chi connectivity index (χ0n) is 15.6. The third-order valence-electron chi connectivity index (χ3n) is 4.13. The van der Waals surface area contributed by atoms with Crippen LogP contribution < -0.4 is 10.0 Å². The Labute approximate surface area is 173 Å². The van der Waals surface area contributed by atoms with Crippen molar-refractivity contribution in [2.45, 2.75) is 24.8 Å². The van der Waals surface area contributed by atoms with Gasteiger partial charge in [-0.3, -0.25) is 14.5 Å². The lowest BCUT2D eigenvalue weighted by Gasteiger charge is -2.10. The number of aryl methyl sites for hydroxylation is 1. The Hall–Kier alpha value is -2.91. The summed E-state index contributed by atoms with van der Waals surface area (Å²) in [4.78, 5) is 28.3. The molecular formula is C19H18ClN3O5S. The lowest BCUT2D eigenvalue weighted by atomic mass is 10.2.